The first kappa shape index (κ1) is 16.2. The van der Waals surface area contributed by atoms with E-state index in [4.69, 9.17) is 27.8 Å². The molecule has 0 spiro atoms. The van der Waals surface area contributed by atoms with Crippen LogP contribution in [-0.2, 0) is 6.54 Å². The van der Waals surface area contributed by atoms with Gasteiger partial charge in [-0.1, -0.05) is 12.2 Å². The van der Waals surface area contributed by atoms with E-state index in [1.807, 2.05) is 18.2 Å². The summed E-state index contributed by atoms with van der Waals surface area (Å²) in [6, 6.07) is 5.85. The minimum atomic E-state index is 0.277. The molecule has 1 aliphatic heterocycles. The van der Waals surface area contributed by atoms with E-state index in [1.54, 1.807) is 7.11 Å². The summed E-state index contributed by atoms with van der Waals surface area (Å²) in [5.41, 5.74) is 7.72. The Labute approximate surface area is 131 Å². The molecule has 0 saturated carbocycles. The van der Waals surface area contributed by atoms with Crippen molar-refractivity contribution in [2.24, 2.45) is 11.7 Å². The Kier molecular flexibility index (Phi) is 5.96. The predicted molar refractivity (Wildman–Crippen MR) is 88.6 cm³/mol. The summed E-state index contributed by atoms with van der Waals surface area (Å²) < 4.78 is 5.45. The van der Waals surface area contributed by atoms with Gasteiger partial charge in [-0.25, -0.2) is 0 Å². The Balaban J connectivity index is 2.10. The average Bonchev–Trinajstić information content (AvgIpc) is 2.48. The van der Waals surface area contributed by atoms with Crippen LogP contribution in [0.25, 0.3) is 0 Å². The number of nitrogens with two attached hydrogens (primary N) is 1. The Morgan fingerprint density at radius 1 is 1.52 bits per heavy atom. The molecule has 116 valence electrons. The molecule has 0 bridgehead atoms. The maximum absolute atomic E-state index is 9.11. The highest BCUT2D eigenvalue weighted by atomic mass is 32.1. The van der Waals surface area contributed by atoms with Crippen molar-refractivity contribution >= 4 is 17.2 Å². The van der Waals surface area contributed by atoms with Gasteiger partial charge in [-0.3, -0.25) is 4.90 Å². The summed E-state index contributed by atoms with van der Waals surface area (Å²) in [6.07, 6.45) is 3.28. The molecule has 3 N–H and O–H groups in total. The Bertz CT molecular complexity index is 491. The highest BCUT2D eigenvalue weighted by Crippen LogP contribution is 2.25. The number of hydrogen-bond acceptors (Lipinski definition) is 4. The van der Waals surface area contributed by atoms with E-state index in [0.29, 0.717) is 10.9 Å². The molecule has 4 nitrogen and oxygen atoms in total. The van der Waals surface area contributed by atoms with Crippen LogP contribution in [0.1, 0.15) is 30.4 Å². The van der Waals surface area contributed by atoms with Gasteiger partial charge in [0.25, 0.3) is 0 Å². The number of rotatable bonds is 6. The summed E-state index contributed by atoms with van der Waals surface area (Å²) in [6.45, 7) is 3.23. The summed E-state index contributed by atoms with van der Waals surface area (Å²) in [7, 11) is 1.68. The predicted octanol–water partition coefficient (Wildman–Crippen LogP) is 1.92. The zero-order chi connectivity index (χ0) is 15.2. The van der Waals surface area contributed by atoms with E-state index in [0.717, 1.165) is 42.9 Å². The van der Waals surface area contributed by atoms with Crippen LogP contribution in [0.4, 0.5) is 0 Å². The maximum Gasteiger partial charge on any atom is 0.123 e. The van der Waals surface area contributed by atoms with Gasteiger partial charge in [0.2, 0.25) is 0 Å². The van der Waals surface area contributed by atoms with Crippen molar-refractivity contribution in [1.29, 1.82) is 0 Å². The molecule has 1 heterocycles. The first-order chi connectivity index (χ1) is 10.1. The fourth-order valence-corrected chi connectivity index (χ4v) is 3.14. The third-order valence-electron chi connectivity index (χ3n) is 4.10. The number of aliphatic hydroxyl groups excluding tert-OH is 1. The van der Waals surface area contributed by atoms with Gasteiger partial charge >= 0.3 is 0 Å². The van der Waals surface area contributed by atoms with Gasteiger partial charge in [-0.2, -0.15) is 0 Å². The van der Waals surface area contributed by atoms with Crippen molar-refractivity contribution in [3.63, 3.8) is 0 Å². The van der Waals surface area contributed by atoms with E-state index >= 15 is 0 Å². The van der Waals surface area contributed by atoms with Gasteiger partial charge in [0.1, 0.15) is 10.7 Å². The standard InChI is InChI=1S/C16H24N2O2S/c1-20-15-5-4-13(16(17)21)9-14(15)11-18-7-2-3-12(10-18)6-8-19/h4-5,9,12,19H,2-3,6-8,10-11H2,1H3,(H2,17,21). The van der Waals surface area contributed by atoms with E-state index < -0.39 is 0 Å². The zero-order valence-electron chi connectivity index (χ0n) is 12.5. The second kappa shape index (κ2) is 7.73. The highest BCUT2D eigenvalue weighted by molar-refractivity contribution is 7.80. The van der Waals surface area contributed by atoms with Crippen LogP contribution in [0.5, 0.6) is 5.75 Å². The number of aliphatic hydroxyl groups is 1. The van der Waals surface area contributed by atoms with Crippen molar-refractivity contribution in [3.05, 3.63) is 29.3 Å². The van der Waals surface area contributed by atoms with Crippen molar-refractivity contribution in [1.82, 2.24) is 4.90 Å². The quantitative estimate of drug-likeness (QED) is 0.786. The van der Waals surface area contributed by atoms with Crippen LogP contribution >= 0.6 is 12.2 Å². The van der Waals surface area contributed by atoms with Crippen LogP contribution in [-0.4, -0.2) is 41.8 Å². The highest BCUT2D eigenvalue weighted by Gasteiger charge is 2.20. The first-order valence-corrected chi connectivity index (χ1v) is 7.84. The van der Waals surface area contributed by atoms with E-state index in [-0.39, 0.29) is 6.61 Å². The summed E-state index contributed by atoms with van der Waals surface area (Å²) in [5, 5.41) is 9.11. The van der Waals surface area contributed by atoms with Crippen LogP contribution < -0.4 is 10.5 Å². The number of ether oxygens (including phenoxy) is 1. The van der Waals surface area contributed by atoms with Crippen LogP contribution in [0.3, 0.4) is 0 Å². The number of likely N-dealkylation sites (tertiary alicyclic amines) is 1. The van der Waals surface area contributed by atoms with Gasteiger partial charge in [-0.05, 0) is 49.9 Å². The smallest absolute Gasteiger partial charge is 0.123 e. The number of thiocarbonyl (C=S) groups is 1. The molecular weight excluding hydrogens is 284 g/mol. The molecule has 0 aliphatic carbocycles. The number of nitrogens with zero attached hydrogens (tertiary/aromatic N) is 1. The van der Waals surface area contributed by atoms with Crippen molar-refractivity contribution in [2.45, 2.75) is 25.8 Å². The van der Waals surface area contributed by atoms with Crippen LogP contribution in [0.2, 0.25) is 0 Å². The molecule has 1 aromatic carbocycles. The Morgan fingerprint density at radius 3 is 3.00 bits per heavy atom. The molecule has 1 fully saturated rings. The van der Waals surface area contributed by atoms with E-state index in [9.17, 15) is 0 Å². The number of methoxy groups -OCH3 is 1. The lowest BCUT2D eigenvalue weighted by atomic mass is 9.94. The lowest BCUT2D eigenvalue weighted by Gasteiger charge is -2.32. The number of hydrogen-bond donors (Lipinski definition) is 2. The zero-order valence-corrected chi connectivity index (χ0v) is 13.4. The summed E-state index contributed by atoms with van der Waals surface area (Å²) >= 11 is 5.05. The largest absolute Gasteiger partial charge is 0.496 e. The minimum absolute atomic E-state index is 0.277. The third-order valence-corrected chi connectivity index (χ3v) is 4.34. The second-order valence-corrected chi connectivity index (χ2v) is 6.09. The third kappa shape index (κ3) is 4.40. The Morgan fingerprint density at radius 2 is 2.33 bits per heavy atom. The monoisotopic (exact) mass is 308 g/mol. The number of piperidine rings is 1. The first-order valence-electron chi connectivity index (χ1n) is 7.44. The van der Waals surface area contributed by atoms with Crippen LogP contribution in [0.15, 0.2) is 18.2 Å². The topological polar surface area (TPSA) is 58.7 Å². The van der Waals surface area contributed by atoms with Gasteiger partial charge in [0, 0.05) is 30.8 Å². The van der Waals surface area contributed by atoms with Crippen molar-refractivity contribution < 1.29 is 9.84 Å². The molecule has 1 saturated heterocycles. The van der Waals surface area contributed by atoms with Gasteiger partial charge in [-0.15, -0.1) is 0 Å². The SMILES string of the molecule is COc1ccc(C(N)=S)cc1CN1CCCC(CCO)C1. The van der Waals surface area contributed by atoms with Gasteiger partial charge in [0.05, 0.1) is 7.11 Å². The van der Waals surface area contributed by atoms with Crippen LogP contribution in [0, 0.1) is 5.92 Å². The lowest BCUT2D eigenvalue weighted by molar-refractivity contribution is 0.141. The summed E-state index contributed by atoms with van der Waals surface area (Å²) in [4.78, 5) is 2.83. The molecule has 1 aliphatic rings. The molecule has 5 heteroatoms. The lowest BCUT2D eigenvalue weighted by Crippen LogP contribution is -2.35. The number of benzene rings is 1. The van der Waals surface area contributed by atoms with E-state index in [2.05, 4.69) is 4.90 Å². The Hall–Kier alpha value is -1.17. The molecule has 0 aromatic heterocycles. The molecular formula is C16H24N2O2S. The van der Waals surface area contributed by atoms with Gasteiger partial charge in [0.15, 0.2) is 0 Å². The molecule has 1 unspecified atom stereocenters. The normalized spacial score (nSPS) is 19.4. The van der Waals surface area contributed by atoms with Crippen molar-refractivity contribution in [2.75, 3.05) is 26.8 Å². The second-order valence-electron chi connectivity index (χ2n) is 5.65. The summed E-state index contributed by atoms with van der Waals surface area (Å²) in [5.74, 6) is 1.47. The molecule has 2 rings (SSSR count). The fourth-order valence-electron chi connectivity index (χ4n) is 3.01. The molecule has 0 amide bonds. The average molecular weight is 308 g/mol. The van der Waals surface area contributed by atoms with Gasteiger partial charge < -0.3 is 15.6 Å². The molecule has 21 heavy (non-hydrogen) atoms. The molecule has 1 aromatic rings. The minimum Gasteiger partial charge on any atom is -0.496 e. The van der Waals surface area contributed by atoms with E-state index in [1.165, 1.54) is 12.8 Å². The molecule has 0 radical (unpaired) electrons. The maximum atomic E-state index is 9.11. The molecule has 1 atom stereocenters. The fraction of sp³-hybridized carbons (Fsp3) is 0.562. The van der Waals surface area contributed by atoms with Crippen molar-refractivity contribution in [3.8, 4) is 5.75 Å².